The van der Waals surface area contributed by atoms with Crippen LogP contribution in [0.15, 0.2) is 54.7 Å². The molecule has 1 aliphatic rings. The number of benzene rings is 1. The molecule has 2 aromatic heterocycles. The standard InChI is InChI=1S/C23H20ClF3N4O.2H2/c1-14-17(6-3-9-28-14)22(32)21-18(23(25,26)27)7-8-20(30-21)31-11-10-29-19(13-31)15-4-2-5-16(24)12-15;;/h2-9,12,19,29H,10-11,13H2,1H3;2*1H. The van der Waals surface area contributed by atoms with E-state index in [4.69, 9.17) is 11.6 Å². The van der Waals surface area contributed by atoms with Gasteiger partial charge in [-0.3, -0.25) is 9.78 Å². The summed E-state index contributed by atoms with van der Waals surface area (Å²) in [5.41, 5.74) is -0.267. The molecule has 3 heterocycles. The molecule has 0 aliphatic carbocycles. The number of hydrogen-bond donors (Lipinski definition) is 1. The average molecular weight is 465 g/mol. The molecule has 0 amide bonds. The van der Waals surface area contributed by atoms with E-state index in [1.807, 2.05) is 23.1 Å². The first-order valence-corrected chi connectivity index (χ1v) is 10.4. The highest BCUT2D eigenvalue weighted by Crippen LogP contribution is 2.34. The predicted octanol–water partition coefficient (Wildman–Crippen LogP) is 5.33. The van der Waals surface area contributed by atoms with Crippen molar-refractivity contribution in [2.75, 3.05) is 24.5 Å². The number of alkyl halides is 3. The Morgan fingerprint density at radius 3 is 2.75 bits per heavy atom. The van der Waals surface area contributed by atoms with Gasteiger partial charge in [-0.05, 0) is 48.9 Å². The van der Waals surface area contributed by atoms with E-state index in [0.29, 0.717) is 36.2 Å². The van der Waals surface area contributed by atoms with E-state index in [2.05, 4.69) is 15.3 Å². The second kappa shape index (κ2) is 8.88. The average Bonchev–Trinajstić information content (AvgIpc) is 2.78. The number of nitrogens with zero attached hydrogens (tertiary/aromatic N) is 3. The maximum absolute atomic E-state index is 13.7. The molecule has 32 heavy (non-hydrogen) atoms. The summed E-state index contributed by atoms with van der Waals surface area (Å²) in [4.78, 5) is 23.1. The summed E-state index contributed by atoms with van der Waals surface area (Å²) in [5.74, 6) is -0.484. The van der Waals surface area contributed by atoms with Crippen LogP contribution in [0.1, 0.15) is 41.8 Å². The van der Waals surface area contributed by atoms with Crippen LogP contribution in [0.4, 0.5) is 19.0 Å². The van der Waals surface area contributed by atoms with Gasteiger partial charge < -0.3 is 10.2 Å². The maximum Gasteiger partial charge on any atom is 0.418 e. The highest BCUT2D eigenvalue weighted by molar-refractivity contribution is 6.30. The van der Waals surface area contributed by atoms with Crippen molar-refractivity contribution in [3.63, 3.8) is 0 Å². The van der Waals surface area contributed by atoms with Crippen molar-refractivity contribution in [2.24, 2.45) is 0 Å². The van der Waals surface area contributed by atoms with E-state index < -0.39 is 23.2 Å². The summed E-state index contributed by atoms with van der Waals surface area (Å²) >= 11 is 6.10. The molecule has 1 saturated heterocycles. The van der Waals surface area contributed by atoms with Gasteiger partial charge in [0.25, 0.3) is 0 Å². The van der Waals surface area contributed by atoms with Crippen molar-refractivity contribution >= 4 is 23.2 Å². The number of pyridine rings is 2. The van der Waals surface area contributed by atoms with Crippen LogP contribution in [0.3, 0.4) is 0 Å². The van der Waals surface area contributed by atoms with Crippen molar-refractivity contribution in [3.05, 3.63) is 87.8 Å². The fourth-order valence-corrected chi connectivity index (χ4v) is 3.98. The van der Waals surface area contributed by atoms with Gasteiger partial charge in [0, 0.05) is 51.0 Å². The molecule has 1 aliphatic heterocycles. The number of piperazine rings is 1. The normalized spacial score (nSPS) is 16.8. The molecular formula is C23H24ClF3N4O. The van der Waals surface area contributed by atoms with Crippen LogP contribution in [0.25, 0.3) is 0 Å². The monoisotopic (exact) mass is 464 g/mol. The van der Waals surface area contributed by atoms with E-state index in [0.717, 1.165) is 11.6 Å². The molecular weight excluding hydrogens is 441 g/mol. The molecule has 1 atom stereocenters. The zero-order chi connectivity index (χ0) is 22.9. The Hall–Kier alpha value is -2.97. The van der Waals surface area contributed by atoms with Gasteiger partial charge in [-0.2, -0.15) is 13.2 Å². The first-order chi connectivity index (χ1) is 15.2. The van der Waals surface area contributed by atoms with Crippen LogP contribution in [0, 0.1) is 6.92 Å². The number of aromatic nitrogens is 2. The molecule has 3 aromatic rings. The van der Waals surface area contributed by atoms with Crippen LogP contribution in [-0.4, -0.2) is 35.4 Å². The van der Waals surface area contributed by atoms with Gasteiger partial charge in [-0.1, -0.05) is 23.7 Å². The Morgan fingerprint density at radius 2 is 2.03 bits per heavy atom. The summed E-state index contributed by atoms with van der Waals surface area (Å²) in [6.45, 7) is 3.19. The topological polar surface area (TPSA) is 58.1 Å². The van der Waals surface area contributed by atoms with Crippen molar-refractivity contribution in [3.8, 4) is 0 Å². The molecule has 1 unspecified atom stereocenters. The minimum Gasteiger partial charge on any atom is -0.353 e. The fourth-order valence-electron chi connectivity index (χ4n) is 3.78. The first kappa shape index (κ1) is 22.2. The lowest BCUT2D eigenvalue weighted by Gasteiger charge is -2.35. The SMILES string of the molecule is Cc1ncccc1C(=O)c1nc(N2CCNC(c3cccc(Cl)c3)C2)ccc1C(F)(F)F.[HH].[HH]. The van der Waals surface area contributed by atoms with Crippen LogP contribution < -0.4 is 10.2 Å². The number of hydrogen-bond acceptors (Lipinski definition) is 5. The predicted molar refractivity (Wildman–Crippen MR) is 120 cm³/mol. The third-order valence-electron chi connectivity index (χ3n) is 5.40. The van der Waals surface area contributed by atoms with E-state index in [-0.39, 0.29) is 14.5 Å². The molecule has 5 nitrogen and oxygen atoms in total. The van der Waals surface area contributed by atoms with Gasteiger partial charge in [0.2, 0.25) is 5.78 Å². The summed E-state index contributed by atoms with van der Waals surface area (Å²) < 4.78 is 41.0. The minimum absolute atomic E-state index is 0. The number of carbonyl (C=O) groups excluding carboxylic acids is 1. The molecule has 9 heteroatoms. The van der Waals surface area contributed by atoms with Crippen LogP contribution in [-0.2, 0) is 6.18 Å². The largest absolute Gasteiger partial charge is 0.418 e. The summed E-state index contributed by atoms with van der Waals surface area (Å²) in [5, 5.41) is 3.99. The van der Waals surface area contributed by atoms with Crippen LogP contribution in [0.2, 0.25) is 5.02 Å². The Morgan fingerprint density at radius 1 is 1.22 bits per heavy atom. The zero-order valence-electron chi connectivity index (χ0n) is 17.2. The van der Waals surface area contributed by atoms with Crippen LogP contribution >= 0.6 is 11.6 Å². The summed E-state index contributed by atoms with van der Waals surface area (Å²) in [6.07, 6.45) is -3.23. The summed E-state index contributed by atoms with van der Waals surface area (Å²) in [6, 6.07) is 12.6. The number of nitrogens with one attached hydrogen (secondary N) is 1. The van der Waals surface area contributed by atoms with E-state index in [1.165, 1.54) is 24.4 Å². The molecule has 0 bridgehead atoms. The third kappa shape index (κ3) is 4.61. The van der Waals surface area contributed by atoms with Crippen LogP contribution in [0.5, 0.6) is 0 Å². The Balaban J connectivity index is 0.00000204. The quantitative estimate of drug-likeness (QED) is 0.529. The second-order valence-corrected chi connectivity index (χ2v) is 7.97. The fraction of sp³-hybridized carbons (Fsp3) is 0.261. The molecule has 1 aromatic carbocycles. The molecule has 0 saturated carbocycles. The lowest BCUT2D eigenvalue weighted by Crippen LogP contribution is -2.46. The number of aryl methyl sites for hydroxylation is 1. The Labute approximate surface area is 191 Å². The Bertz CT molecular complexity index is 1160. The maximum atomic E-state index is 13.7. The third-order valence-corrected chi connectivity index (χ3v) is 5.64. The number of rotatable bonds is 4. The summed E-state index contributed by atoms with van der Waals surface area (Å²) in [7, 11) is 0. The van der Waals surface area contributed by atoms with Crippen molar-refractivity contribution < 1.29 is 20.8 Å². The van der Waals surface area contributed by atoms with Crippen molar-refractivity contribution in [2.45, 2.75) is 19.1 Å². The number of anilines is 1. The zero-order valence-corrected chi connectivity index (χ0v) is 17.9. The Kier molecular flexibility index (Phi) is 6.17. The first-order valence-electron chi connectivity index (χ1n) is 10.0. The number of carbonyl (C=O) groups is 1. The van der Waals surface area contributed by atoms with Crippen molar-refractivity contribution in [1.82, 2.24) is 15.3 Å². The molecule has 0 spiro atoms. The number of ketones is 1. The highest BCUT2D eigenvalue weighted by atomic mass is 35.5. The van der Waals surface area contributed by atoms with E-state index >= 15 is 0 Å². The van der Waals surface area contributed by atoms with Gasteiger partial charge in [0.1, 0.15) is 11.5 Å². The van der Waals surface area contributed by atoms with E-state index in [9.17, 15) is 18.0 Å². The smallest absolute Gasteiger partial charge is 0.353 e. The number of halogens is 4. The van der Waals surface area contributed by atoms with Gasteiger partial charge in [0.05, 0.1) is 5.56 Å². The second-order valence-electron chi connectivity index (χ2n) is 7.54. The lowest BCUT2D eigenvalue weighted by atomic mass is 10.0. The van der Waals surface area contributed by atoms with Gasteiger partial charge in [-0.25, -0.2) is 4.98 Å². The molecule has 1 fully saturated rings. The molecule has 170 valence electrons. The molecule has 1 N–H and O–H groups in total. The van der Waals surface area contributed by atoms with Gasteiger partial charge >= 0.3 is 6.18 Å². The lowest BCUT2D eigenvalue weighted by molar-refractivity contribution is -0.138. The molecule has 4 rings (SSSR count). The van der Waals surface area contributed by atoms with E-state index in [1.54, 1.807) is 13.0 Å². The van der Waals surface area contributed by atoms with Gasteiger partial charge in [-0.15, -0.1) is 0 Å². The minimum atomic E-state index is -4.71. The van der Waals surface area contributed by atoms with Crippen molar-refractivity contribution in [1.29, 1.82) is 0 Å². The highest BCUT2D eigenvalue weighted by Gasteiger charge is 2.37. The van der Waals surface area contributed by atoms with Gasteiger partial charge in [0.15, 0.2) is 0 Å². The molecule has 0 radical (unpaired) electrons.